The van der Waals surface area contributed by atoms with Crippen molar-refractivity contribution in [2.45, 2.75) is 0 Å². The zero-order valence-electron chi connectivity index (χ0n) is 13.1. The fraction of sp³-hybridized carbons (Fsp3) is 0. The maximum Gasteiger partial charge on any atom is 0.277 e. The van der Waals surface area contributed by atoms with E-state index in [4.69, 9.17) is 5.73 Å². The Labute approximate surface area is 143 Å². The Morgan fingerprint density at radius 3 is 2.80 bits per heavy atom. The van der Waals surface area contributed by atoms with Crippen molar-refractivity contribution in [3.05, 3.63) is 72.8 Å². The molecule has 0 radical (unpaired) electrons. The Kier molecular flexibility index (Phi) is 3.59. The molecule has 0 fully saturated rings. The number of pyridine rings is 3. The van der Waals surface area contributed by atoms with Crippen LogP contribution in [-0.2, 0) is 0 Å². The Morgan fingerprint density at radius 1 is 1.08 bits per heavy atom. The van der Waals surface area contributed by atoms with Crippen molar-refractivity contribution in [1.82, 2.24) is 19.4 Å². The van der Waals surface area contributed by atoms with Crippen LogP contribution in [0.5, 0.6) is 0 Å². The van der Waals surface area contributed by atoms with Gasteiger partial charge in [-0.05, 0) is 36.4 Å². The van der Waals surface area contributed by atoms with Gasteiger partial charge in [0.2, 0.25) is 0 Å². The van der Waals surface area contributed by atoms with Crippen LogP contribution in [0.3, 0.4) is 0 Å². The highest BCUT2D eigenvalue weighted by molar-refractivity contribution is 6.02. The van der Waals surface area contributed by atoms with Gasteiger partial charge in [0.05, 0.1) is 5.69 Å². The number of anilines is 2. The average molecular weight is 330 g/mol. The van der Waals surface area contributed by atoms with Gasteiger partial charge in [-0.2, -0.15) is 0 Å². The molecule has 0 saturated heterocycles. The maximum atomic E-state index is 12.3. The predicted octanol–water partition coefficient (Wildman–Crippen LogP) is 2.63. The van der Waals surface area contributed by atoms with Crippen molar-refractivity contribution < 1.29 is 4.79 Å². The van der Waals surface area contributed by atoms with E-state index in [-0.39, 0.29) is 5.91 Å². The Balaban J connectivity index is 1.65. The molecule has 3 N–H and O–H groups in total. The number of aromatic nitrogens is 4. The molecule has 0 aromatic carbocycles. The molecular formula is C18H14N6O. The SMILES string of the molecule is Nc1cccc(-c2ccn3cc(C(=O)Nc4ccccn4)nc3c2)n1. The molecule has 0 atom stereocenters. The van der Waals surface area contributed by atoms with Gasteiger partial charge in [0, 0.05) is 24.2 Å². The number of nitrogens with zero attached hydrogens (tertiary/aromatic N) is 4. The molecule has 122 valence electrons. The van der Waals surface area contributed by atoms with E-state index in [9.17, 15) is 4.79 Å². The average Bonchev–Trinajstić information content (AvgIpc) is 3.06. The van der Waals surface area contributed by atoms with Crippen LogP contribution in [0.1, 0.15) is 10.5 Å². The predicted molar refractivity (Wildman–Crippen MR) is 95.0 cm³/mol. The van der Waals surface area contributed by atoms with E-state index in [0.29, 0.717) is 23.0 Å². The van der Waals surface area contributed by atoms with Crippen LogP contribution in [0.4, 0.5) is 11.6 Å². The van der Waals surface area contributed by atoms with E-state index in [2.05, 4.69) is 20.3 Å². The minimum atomic E-state index is -0.314. The second kappa shape index (κ2) is 6.04. The molecule has 7 nitrogen and oxygen atoms in total. The third-order valence-corrected chi connectivity index (χ3v) is 3.67. The Hall–Kier alpha value is -3.74. The smallest absolute Gasteiger partial charge is 0.277 e. The maximum absolute atomic E-state index is 12.3. The largest absolute Gasteiger partial charge is 0.384 e. The molecule has 0 spiro atoms. The van der Waals surface area contributed by atoms with Gasteiger partial charge in [-0.1, -0.05) is 12.1 Å². The molecular weight excluding hydrogens is 316 g/mol. The van der Waals surface area contributed by atoms with Crippen molar-refractivity contribution in [2.24, 2.45) is 0 Å². The molecule has 4 aromatic heterocycles. The van der Waals surface area contributed by atoms with Crippen LogP contribution in [0, 0.1) is 0 Å². The number of nitrogens with one attached hydrogen (secondary N) is 1. The first-order valence-corrected chi connectivity index (χ1v) is 7.63. The first-order chi connectivity index (χ1) is 12.2. The van der Waals surface area contributed by atoms with Gasteiger partial charge in [-0.3, -0.25) is 4.79 Å². The number of hydrogen-bond donors (Lipinski definition) is 2. The molecule has 7 heteroatoms. The quantitative estimate of drug-likeness (QED) is 0.602. The zero-order chi connectivity index (χ0) is 17.2. The lowest BCUT2D eigenvalue weighted by Crippen LogP contribution is -2.13. The second-order valence-electron chi connectivity index (χ2n) is 5.42. The van der Waals surface area contributed by atoms with Crippen molar-refractivity contribution in [2.75, 3.05) is 11.1 Å². The summed E-state index contributed by atoms with van der Waals surface area (Å²) in [4.78, 5) is 25.1. The summed E-state index contributed by atoms with van der Waals surface area (Å²) in [5.74, 6) is 0.622. The van der Waals surface area contributed by atoms with Gasteiger partial charge in [0.15, 0.2) is 0 Å². The second-order valence-corrected chi connectivity index (χ2v) is 5.42. The number of hydrogen-bond acceptors (Lipinski definition) is 5. The van der Waals surface area contributed by atoms with Gasteiger partial charge in [0.25, 0.3) is 5.91 Å². The van der Waals surface area contributed by atoms with Crippen LogP contribution < -0.4 is 11.1 Å². The first-order valence-electron chi connectivity index (χ1n) is 7.63. The Bertz CT molecular complexity index is 1060. The molecule has 1 amide bonds. The monoisotopic (exact) mass is 330 g/mol. The lowest BCUT2D eigenvalue weighted by Gasteiger charge is -2.02. The molecule has 0 unspecified atom stereocenters. The topological polar surface area (TPSA) is 98.2 Å². The number of nitrogens with two attached hydrogens (primary N) is 1. The summed E-state index contributed by atoms with van der Waals surface area (Å²) in [5, 5.41) is 2.72. The van der Waals surface area contributed by atoms with E-state index in [1.807, 2.05) is 30.5 Å². The summed E-state index contributed by atoms with van der Waals surface area (Å²) in [6.45, 7) is 0. The summed E-state index contributed by atoms with van der Waals surface area (Å²) in [6, 6.07) is 14.5. The van der Waals surface area contributed by atoms with Gasteiger partial charge in [0.1, 0.15) is 23.0 Å². The molecule has 0 aliphatic carbocycles. The third-order valence-electron chi connectivity index (χ3n) is 3.67. The van der Waals surface area contributed by atoms with E-state index < -0.39 is 0 Å². The number of carbonyl (C=O) groups is 1. The minimum Gasteiger partial charge on any atom is -0.384 e. The van der Waals surface area contributed by atoms with Gasteiger partial charge < -0.3 is 15.5 Å². The fourth-order valence-electron chi connectivity index (χ4n) is 2.48. The number of rotatable bonds is 3. The highest BCUT2D eigenvalue weighted by atomic mass is 16.2. The van der Waals surface area contributed by atoms with Gasteiger partial charge in [-0.25, -0.2) is 15.0 Å². The van der Waals surface area contributed by atoms with E-state index in [1.165, 1.54) is 0 Å². The first kappa shape index (κ1) is 14.8. The van der Waals surface area contributed by atoms with Crippen molar-refractivity contribution in [3.63, 3.8) is 0 Å². The number of carbonyl (C=O) groups excluding carboxylic acids is 1. The van der Waals surface area contributed by atoms with Crippen LogP contribution in [0.25, 0.3) is 16.9 Å². The van der Waals surface area contributed by atoms with Crippen molar-refractivity contribution in [1.29, 1.82) is 0 Å². The number of fused-ring (bicyclic) bond motifs is 1. The molecule has 4 heterocycles. The summed E-state index contributed by atoms with van der Waals surface area (Å²) < 4.78 is 1.78. The lowest BCUT2D eigenvalue weighted by atomic mass is 10.2. The Morgan fingerprint density at radius 2 is 2.00 bits per heavy atom. The van der Waals surface area contributed by atoms with E-state index in [0.717, 1.165) is 11.3 Å². The lowest BCUT2D eigenvalue weighted by molar-refractivity contribution is 0.102. The van der Waals surface area contributed by atoms with E-state index >= 15 is 0 Å². The van der Waals surface area contributed by atoms with Crippen molar-refractivity contribution in [3.8, 4) is 11.3 Å². The molecule has 25 heavy (non-hydrogen) atoms. The minimum absolute atomic E-state index is 0.309. The van der Waals surface area contributed by atoms with Crippen molar-refractivity contribution >= 4 is 23.2 Å². The molecule has 0 bridgehead atoms. The fourth-order valence-corrected chi connectivity index (χ4v) is 2.48. The van der Waals surface area contributed by atoms with E-state index in [1.54, 1.807) is 41.1 Å². The number of imidazole rings is 1. The summed E-state index contributed by atoms with van der Waals surface area (Å²) >= 11 is 0. The van der Waals surface area contributed by atoms with Crippen LogP contribution >= 0.6 is 0 Å². The highest BCUT2D eigenvalue weighted by Gasteiger charge is 2.12. The van der Waals surface area contributed by atoms with Gasteiger partial charge >= 0.3 is 0 Å². The molecule has 0 aliphatic rings. The van der Waals surface area contributed by atoms with Crippen LogP contribution in [-0.4, -0.2) is 25.3 Å². The molecule has 0 saturated carbocycles. The van der Waals surface area contributed by atoms with Gasteiger partial charge in [-0.15, -0.1) is 0 Å². The number of nitrogen functional groups attached to an aromatic ring is 1. The zero-order valence-corrected chi connectivity index (χ0v) is 13.1. The third kappa shape index (κ3) is 3.02. The molecule has 4 rings (SSSR count). The van der Waals surface area contributed by atoms with Crippen LogP contribution in [0.2, 0.25) is 0 Å². The highest BCUT2D eigenvalue weighted by Crippen LogP contribution is 2.20. The molecule has 0 aliphatic heterocycles. The van der Waals surface area contributed by atoms with Crippen LogP contribution in [0.15, 0.2) is 67.1 Å². The summed E-state index contributed by atoms with van der Waals surface area (Å²) in [6.07, 6.45) is 5.12. The summed E-state index contributed by atoms with van der Waals surface area (Å²) in [7, 11) is 0. The number of amides is 1. The molecule has 4 aromatic rings. The normalized spacial score (nSPS) is 10.7. The summed E-state index contributed by atoms with van der Waals surface area (Å²) in [5.41, 5.74) is 8.32. The standard InChI is InChI=1S/C18H14N6O/c19-15-5-3-4-13(21-15)12-7-9-24-11-14(22-17(24)10-12)18(25)23-16-6-1-2-8-20-16/h1-11H,(H2,19,21)(H,20,23,25).